The van der Waals surface area contributed by atoms with Gasteiger partial charge >= 0.3 is 5.97 Å². The molecule has 2 N–H and O–H groups in total. The number of aromatic nitrogens is 1. The highest BCUT2D eigenvalue weighted by Gasteiger charge is 2.13. The van der Waals surface area contributed by atoms with Crippen LogP contribution in [-0.2, 0) is 11.2 Å². The fourth-order valence-corrected chi connectivity index (χ4v) is 1.55. The van der Waals surface area contributed by atoms with Gasteiger partial charge in [0.1, 0.15) is 5.69 Å². The van der Waals surface area contributed by atoms with E-state index < -0.39 is 0 Å². The van der Waals surface area contributed by atoms with Crippen molar-refractivity contribution in [3.8, 4) is 0 Å². The molecule has 106 valence electrons. The van der Waals surface area contributed by atoms with Gasteiger partial charge in [0, 0.05) is 11.7 Å². The van der Waals surface area contributed by atoms with Gasteiger partial charge in [0.25, 0.3) is 0 Å². The Labute approximate surface area is 115 Å². The fourth-order valence-electron chi connectivity index (χ4n) is 1.55. The van der Waals surface area contributed by atoms with E-state index in [4.69, 9.17) is 10.5 Å². The van der Waals surface area contributed by atoms with Gasteiger partial charge in [-0.1, -0.05) is 19.4 Å². The van der Waals surface area contributed by atoms with Gasteiger partial charge in [-0.2, -0.15) is 0 Å². The van der Waals surface area contributed by atoms with Gasteiger partial charge in [0.2, 0.25) is 0 Å². The third kappa shape index (κ3) is 6.34. The second kappa shape index (κ2) is 7.24. The maximum Gasteiger partial charge on any atom is 0.356 e. The van der Waals surface area contributed by atoms with Crippen LogP contribution in [-0.4, -0.2) is 23.1 Å². The Hall–Kier alpha value is -1.42. The highest BCUT2D eigenvalue weighted by atomic mass is 16.5. The van der Waals surface area contributed by atoms with Crippen molar-refractivity contribution in [1.29, 1.82) is 0 Å². The van der Waals surface area contributed by atoms with E-state index in [0.29, 0.717) is 18.7 Å². The number of esters is 1. The zero-order valence-corrected chi connectivity index (χ0v) is 12.1. The molecule has 1 heterocycles. The van der Waals surface area contributed by atoms with E-state index in [1.54, 1.807) is 12.3 Å². The van der Waals surface area contributed by atoms with Crippen molar-refractivity contribution < 1.29 is 9.53 Å². The van der Waals surface area contributed by atoms with Gasteiger partial charge in [-0.15, -0.1) is 0 Å². The molecule has 0 atom stereocenters. The van der Waals surface area contributed by atoms with Crippen molar-refractivity contribution in [2.45, 2.75) is 52.0 Å². The number of pyridine rings is 1. The molecular weight excluding hydrogens is 240 g/mol. The highest BCUT2D eigenvalue weighted by molar-refractivity contribution is 5.87. The summed E-state index contributed by atoms with van der Waals surface area (Å²) in [4.78, 5) is 15.9. The van der Waals surface area contributed by atoms with Crippen molar-refractivity contribution in [2.75, 3.05) is 6.61 Å². The topological polar surface area (TPSA) is 65.2 Å². The second-order valence-electron chi connectivity index (χ2n) is 5.53. The molecule has 0 aliphatic rings. The monoisotopic (exact) mass is 264 g/mol. The van der Waals surface area contributed by atoms with Gasteiger partial charge in [-0.25, -0.2) is 9.78 Å². The van der Waals surface area contributed by atoms with Crippen LogP contribution in [0, 0.1) is 0 Å². The lowest BCUT2D eigenvalue weighted by Gasteiger charge is -2.17. The van der Waals surface area contributed by atoms with Crippen LogP contribution in [0.4, 0.5) is 0 Å². The molecule has 4 nitrogen and oxygen atoms in total. The van der Waals surface area contributed by atoms with Crippen LogP contribution in [0.2, 0.25) is 0 Å². The van der Waals surface area contributed by atoms with Crippen LogP contribution in [0.3, 0.4) is 0 Å². The number of carbonyl (C=O) groups is 1. The molecule has 0 aliphatic heterocycles. The molecule has 0 saturated carbocycles. The first-order valence-electron chi connectivity index (χ1n) is 6.83. The summed E-state index contributed by atoms with van der Waals surface area (Å²) in [6.45, 7) is 6.28. The van der Waals surface area contributed by atoms with E-state index in [2.05, 4.69) is 11.9 Å². The molecule has 0 bridgehead atoms. The molecule has 0 spiro atoms. The number of unbranched alkanes of at least 4 members (excludes halogenated alkanes) is 1. The van der Waals surface area contributed by atoms with Gasteiger partial charge < -0.3 is 10.5 Å². The Balaban J connectivity index is 2.44. The maximum absolute atomic E-state index is 11.7. The Morgan fingerprint density at radius 1 is 1.42 bits per heavy atom. The highest BCUT2D eigenvalue weighted by Crippen LogP contribution is 2.08. The Bertz CT molecular complexity index is 394. The Kier molecular flexibility index (Phi) is 5.96. The molecule has 0 radical (unpaired) electrons. The van der Waals surface area contributed by atoms with Crippen molar-refractivity contribution in [2.24, 2.45) is 5.73 Å². The molecule has 1 rings (SSSR count). The summed E-state index contributed by atoms with van der Waals surface area (Å²) in [6.07, 6.45) is 5.67. The number of hydrogen-bond acceptors (Lipinski definition) is 4. The summed E-state index contributed by atoms with van der Waals surface area (Å²) in [5.41, 5.74) is 7.01. The minimum Gasteiger partial charge on any atom is -0.461 e. The Morgan fingerprint density at radius 3 is 2.68 bits per heavy atom. The number of nitrogens with two attached hydrogens (primary N) is 1. The average Bonchev–Trinajstić information content (AvgIpc) is 2.35. The van der Waals surface area contributed by atoms with E-state index >= 15 is 0 Å². The number of rotatable bonds is 7. The lowest BCUT2D eigenvalue weighted by Crippen LogP contribution is -2.33. The summed E-state index contributed by atoms with van der Waals surface area (Å²) in [5, 5.41) is 0. The van der Waals surface area contributed by atoms with Crippen molar-refractivity contribution in [1.82, 2.24) is 4.98 Å². The smallest absolute Gasteiger partial charge is 0.356 e. The van der Waals surface area contributed by atoms with E-state index in [-0.39, 0.29) is 11.5 Å². The van der Waals surface area contributed by atoms with Gasteiger partial charge in [0.15, 0.2) is 0 Å². The molecule has 19 heavy (non-hydrogen) atoms. The van der Waals surface area contributed by atoms with Crippen molar-refractivity contribution in [3.63, 3.8) is 0 Å². The summed E-state index contributed by atoms with van der Waals surface area (Å²) < 4.78 is 5.14. The molecule has 0 unspecified atom stereocenters. The van der Waals surface area contributed by atoms with E-state index in [9.17, 15) is 4.79 Å². The van der Waals surface area contributed by atoms with Crippen molar-refractivity contribution >= 4 is 5.97 Å². The predicted molar refractivity (Wildman–Crippen MR) is 76.0 cm³/mol. The molecule has 0 amide bonds. The van der Waals surface area contributed by atoms with Gasteiger partial charge in [-0.3, -0.25) is 0 Å². The molecule has 1 aromatic rings. The van der Waals surface area contributed by atoms with Crippen LogP contribution in [0.15, 0.2) is 18.3 Å². The molecule has 0 saturated heterocycles. The molecule has 0 aromatic carbocycles. The minimum atomic E-state index is -0.383. The fraction of sp³-hybridized carbons (Fsp3) is 0.600. The molecular formula is C15H24N2O2. The number of nitrogens with zero attached hydrogens (tertiary/aromatic N) is 1. The standard InChI is InChI=1S/C15H24N2O2/c1-4-5-6-12-7-8-13(17-11-12)14(18)19-10-9-15(2,3)16/h7-8,11H,4-6,9-10,16H2,1-3H3. The van der Waals surface area contributed by atoms with Crippen LogP contribution in [0.25, 0.3) is 0 Å². The number of hydrogen-bond donors (Lipinski definition) is 1. The van der Waals surface area contributed by atoms with Gasteiger partial charge in [-0.05, 0) is 44.7 Å². The molecule has 0 aliphatic carbocycles. The van der Waals surface area contributed by atoms with Crippen LogP contribution in [0.1, 0.15) is 56.1 Å². The number of aryl methyl sites for hydroxylation is 1. The van der Waals surface area contributed by atoms with E-state index in [1.807, 2.05) is 19.9 Å². The third-order valence-electron chi connectivity index (χ3n) is 2.83. The van der Waals surface area contributed by atoms with Crippen molar-refractivity contribution in [3.05, 3.63) is 29.6 Å². The lowest BCUT2D eigenvalue weighted by molar-refractivity contribution is 0.0475. The quantitative estimate of drug-likeness (QED) is 0.769. The van der Waals surface area contributed by atoms with Crippen LogP contribution >= 0.6 is 0 Å². The molecule has 0 fully saturated rings. The average molecular weight is 264 g/mol. The SMILES string of the molecule is CCCCc1ccc(C(=O)OCCC(C)(C)N)nc1. The van der Waals surface area contributed by atoms with Crippen LogP contribution in [0.5, 0.6) is 0 Å². The zero-order chi connectivity index (χ0) is 14.3. The third-order valence-corrected chi connectivity index (χ3v) is 2.83. The number of carbonyl (C=O) groups excluding carboxylic acids is 1. The summed E-state index contributed by atoms with van der Waals surface area (Å²) in [7, 11) is 0. The summed E-state index contributed by atoms with van der Waals surface area (Å²) in [5.74, 6) is -0.383. The first-order valence-corrected chi connectivity index (χ1v) is 6.83. The lowest BCUT2D eigenvalue weighted by atomic mass is 10.0. The molecule has 4 heteroatoms. The van der Waals surface area contributed by atoms with E-state index in [1.165, 1.54) is 0 Å². The van der Waals surface area contributed by atoms with Gasteiger partial charge in [0.05, 0.1) is 6.61 Å². The largest absolute Gasteiger partial charge is 0.461 e. The second-order valence-corrected chi connectivity index (χ2v) is 5.53. The predicted octanol–water partition coefficient (Wildman–Crippen LogP) is 2.71. The van der Waals surface area contributed by atoms with E-state index in [0.717, 1.165) is 24.8 Å². The minimum absolute atomic E-state index is 0.321. The first kappa shape index (κ1) is 15.6. The first-order chi connectivity index (χ1) is 8.92. The summed E-state index contributed by atoms with van der Waals surface area (Å²) in [6, 6.07) is 3.66. The van der Waals surface area contributed by atoms with Crippen LogP contribution < -0.4 is 5.73 Å². The molecule has 1 aromatic heterocycles. The Morgan fingerprint density at radius 2 is 2.16 bits per heavy atom. The summed E-state index contributed by atoms with van der Waals surface area (Å²) >= 11 is 0. The number of ether oxygens (including phenoxy) is 1. The maximum atomic E-state index is 11.7. The normalized spacial score (nSPS) is 11.4. The zero-order valence-electron chi connectivity index (χ0n) is 12.1.